The van der Waals surface area contributed by atoms with Crippen LogP contribution in [0.1, 0.15) is 10.4 Å². The summed E-state index contributed by atoms with van der Waals surface area (Å²) in [4.78, 5) is 18.6. The van der Waals surface area contributed by atoms with E-state index in [1.807, 2.05) is 79.0 Å². The highest BCUT2D eigenvalue weighted by Gasteiger charge is 2.24. The molecule has 0 unspecified atom stereocenters. The zero-order valence-electron chi connectivity index (χ0n) is 18.5. The first-order valence-electron chi connectivity index (χ1n) is 11.2. The van der Waals surface area contributed by atoms with Crippen LogP contribution >= 0.6 is 0 Å². The van der Waals surface area contributed by atoms with Crippen LogP contribution in [0, 0.1) is 5.82 Å². The van der Waals surface area contributed by atoms with Crippen molar-refractivity contribution < 1.29 is 9.18 Å². The molecule has 0 aliphatic heterocycles. The predicted octanol–water partition coefficient (Wildman–Crippen LogP) is 6.38. The number of fused-ring (bicyclic) bond motifs is 1. The Balaban J connectivity index is 1.63. The summed E-state index contributed by atoms with van der Waals surface area (Å²) in [5.41, 5.74) is 4.81. The third kappa shape index (κ3) is 3.71. The maximum atomic E-state index is 13.7. The number of carbonyl (C=O) groups excluding carboxylic acids is 1. The van der Waals surface area contributed by atoms with Crippen molar-refractivity contribution in [2.75, 3.05) is 0 Å². The third-order valence-electron chi connectivity index (χ3n) is 5.88. The van der Waals surface area contributed by atoms with Crippen molar-refractivity contribution >= 4 is 16.9 Å². The fourth-order valence-corrected chi connectivity index (χ4v) is 4.19. The van der Waals surface area contributed by atoms with Gasteiger partial charge in [-0.25, -0.2) is 14.1 Å². The van der Waals surface area contributed by atoms with Crippen LogP contribution in [0.2, 0.25) is 0 Å². The third-order valence-corrected chi connectivity index (χ3v) is 5.88. The van der Waals surface area contributed by atoms with Gasteiger partial charge in [0.15, 0.2) is 5.82 Å². The smallest absolute Gasteiger partial charge is 0.264 e. The summed E-state index contributed by atoms with van der Waals surface area (Å²) in [5, 5.41) is 4.83. The Morgan fingerprint density at radius 3 is 2.14 bits per heavy atom. The van der Waals surface area contributed by atoms with Crippen molar-refractivity contribution in [2.45, 2.75) is 0 Å². The first-order valence-corrected chi connectivity index (χ1v) is 11.2. The normalized spacial score (nSPS) is 11.1. The van der Waals surface area contributed by atoms with E-state index in [2.05, 4.69) is 0 Å². The maximum Gasteiger partial charge on any atom is 0.264 e. The molecule has 0 atom stereocenters. The lowest BCUT2D eigenvalue weighted by molar-refractivity contribution is 0.0966. The quantitative estimate of drug-likeness (QED) is 0.308. The fourth-order valence-electron chi connectivity index (χ4n) is 4.19. The summed E-state index contributed by atoms with van der Waals surface area (Å²) in [5.74, 6) is -0.0438. The van der Waals surface area contributed by atoms with Gasteiger partial charge in [-0.3, -0.25) is 9.36 Å². The molecule has 6 rings (SSSR count). The molecule has 0 amide bonds. The molecule has 2 aromatic heterocycles. The van der Waals surface area contributed by atoms with Crippen LogP contribution in [0.5, 0.6) is 0 Å². The monoisotopic (exact) mass is 458 g/mol. The van der Waals surface area contributed by atoms with Crippen LogP contribution in [-0.4, -0.2) is 25.2 Å². The number of hydrogen-bond donors (Lipinski definition) is 0. The minimum absolute atomic E-state index is 0.188. The van der Waals surface area contributed by atoms with Crippen LogP contribution in [0.4, 0.5) is 4.39 Å². The van der Waals surface area contributed by atoms with E-state index in [1.165, 1.54) is 12.1 Å². The minimum Gasteiger partial charge on any atom is -0.268 e. The summed E-state index contributed by atoms with van der Waals surface area (Å²) in [6.45, 7) is 0. The first-order chi connectivity index (χ1) is 17.2. The highest BCUT2D eigenvalue weighted by atomic mass is 19.1. The highest BCUT2D eigenvalue weighted by Crippen LogP contribution is 2.34. The van der Waals surface area contributed by atoms with Gasteiger partial charge in [0, 0.05) is 17.3 Å². The van der Waals surface area contributed by atoms with Gasteiger partial charge >= 0.3 is 0 Å². The van der Waals surface area contributed by atoms with Gasteiger partial charge in [-0.2, -0.15) is 5.10 Å². The lowest BCUT2D eigenvalue weighted by Crippen LogP contribution is -2.13. The lowest BCUT2D eigenvalue weighted by atomic mass is 10.1. The van der Waals surface area contributed by atoms with Crippen molar-refractivity contribution in [1.82, 2.24) is 19.3 Å². The van der Waals surface area contributed by atoms with Crippen molar-refractivity contribution in [3.63, 3.8) is 0 Å². The molecule has 168 valence electrons. The van der Waals surface area contributed by atoms with Gasteiger partial charge < -0.3 is 0 Å². The molecule has 35 heavy (non-hydrogen) atoms. The summed E-state index contributed by atoms with van der Waals surface area (Å²) in [6, 6.07) is 32.5. The number of carbonyl (C=O) groups is 1. The number of para-hydroxylation sites is 3. The van der Waals surface area contributed by atoms with E-state index in [-0.39, 0.29) is 11.7 Å². The zero-order chi connectivity index (χ0) is 23.8. The van der Waals surface area contributed by atoms with E-state index in [4.69, 9.17) is 10.1 Å². The van der Waals surface area contributed by atoms with Crippen molar-refractivity contribution in [3.05, 3.63) is 127 Å². The van der Waals surface area contributed by atoms with Crippen LogP contribution in [0.3, 0.4) is 0 Å². The molecule has 0 aliphatic carbocycles. The SMILES string of the molecule is O=C(c1ccccc1)n1c(-c2cn(-c3ccccc3)nc2-c2ccc(F)cc2)nc2ccccc21. The Morgan fingerprint density at radius 1 is 0.743 bits per heavy atom. The Bertz CT molecular complexity index is 1650. The first kappa shape index (κ1) is 20.7. The Kier molecular flexibility index (Phi) is 5.04. The second-order valence-electron chi connectivity index (χ2n) is 8.11. The largest absolute Gasteiger partial charge is 0.268 e. The number of rotatable bonds is 4. The molecular weight excluding hydrogens is 439 g/mol. The van der Waals surface area contributed by atoms with E-state index in [9.17, 15) is 9.18 Å². The van der Waals surface area contributed by atoms with E-state index >= 15 is 0 Å². The van der Waals surface area contributed by atoms with Gasteiger partial charge in [0.05, 0.1) is 22.3 Å². The molecule has 0 spiro atoms. The molecule has 6 heteroatoms. The fraction of sp³-hybridized carbons (Fsp3) is 0. The van der Waals surface area contributed by atoms with Gasteiger partial charge in [0.1, 0.15) is 11.5 Å². The van der Waals surface area contributed by atoms with Gasteiger partial charge in [-0.15, -0.1) is 0 Å². The number of imidazole rings is 1. The van der Waals surface area contributed by atoms with Crippen LogP contribution in [0.25, 0.3) is 39.4 Å². The van der Waals surface area contributed by atoms with Crippen molar-refractivity contribution in [3.8, 4) is 28.3 Å². The molecule has 4 aromatic carbocycles. The Labute approximate surface area is 200 Å². The summed E-state index contributed by atoms with van der Waals surface area (Å²) in [7, 11) is 0. The van der Waals surface area contributed by atoms with Crippen molar-refractivity contribution in [1.29, 1.82) is 0 Å². The second-order valence-corrected chi connectivity index (χ2v) is 8.11. The zero-order valence-corrected chi connectivity index (χ0v) is 18.5. The average molecular weight is 458 g/mol. The van der Waals surface area contributed by atoms with Crippen molar-refractivity contribution in [2.24, 2.45) is 0 Å². The average Bonchev–Trinajstić information content (AvgIpc) is 3.52. The number of halogens is 1. The molecule has 0 saturated carbocycles. The maximum absolute atomic E-state index is 13.7. The Morgan fingerprint density at radius 2 is 1.40 bits per heavy atom. The number of nitrogens with zero attached hydrogens (tertiary/aromatic N) is 4. The topological polar surface area (TPSA) is 52.7 Å². The lowest BCUT2D eigenvalue weighted by Gasteiger charge is -2.08. The summed E-state index contributed by atoms with van der Waals surface area (Å²) < 4.78 is 17.1. The van der Waals surface area contributed by atoms with E-state index < -0.39 is 0 Å². The van der Waals surface area contributed by atoms with Gasteiger partial charge in [0.2, 0.25) is 0 Å². The van der Waals surface area contributed by atoms with Crippen LogP contribution in [-0.2, 0) is 0 Å². The molecule has 0 fully saturated rings. The molecule has 5 nitrogen and oxygen atoms in total. The van der Waals surface area contributed by atoms with E-state index in [0.29, 0.717) is 33.7 Å². The van der Waals surface area contributed by atoms with Gasteiger partial charge in [-0.1, -0.05) is 48.5 Å². The standard InChI is InChI=1S/C29H19FN4O/c30-22-17-15-20(16-18-22)27-24(19-33(32-27)23-11-5-2-6-12-23)28-31-25-13-7-8-14-26(25)34(28)29(35)21-9-3-1-4-10-21/h1-19H. The predicted molar refractivity (Wildman–Crippen MR) is 134 cm³/mol. The summed E-state index contributed by atoms with van der Waals surface area (Å²) >= 11 is 0. The number of hydrogen-bond acceptors (Lipinski definition) is 3. The molecule has 0 bridgehead atoms. The van der Waals surface area contributed by atoms with Crippen LogP contribution in [0.15, 0.2) is 115 Å². The molecule has 0 N–H and O–H groups in total. The molecule has 2 heterocycles. The highest BCUT2D eigenvalue weighted by molar-refractivity contribution is 6.04. The Hall–Kier alpha value is -4.84. The van der Waals surface area contributed by atoms with E-state index in [0.717, 1.165) is 11.3 Å². The molecule has 0 aliphatic rings. The molecular formula is C29H19FN4O. The summed E-state index contributed by atoms with van der Waals surface area (Å²) in [6.07, 6.45) is 1.87. The van der Waals surface area contributed by atoms with Gasteiger partial charge in [0.25, 0.3) is 5.91 Å². The van der Waals surface area contributed by atoms with E-state index in [1.54, 1.807) is 33.5 Å². The minimum atomic E-state index is -0.329. The molecule has 0 saturated heterocycles. The van der Waals surface area contributed by atoms with Gasteiger partial charge in [-0.05, 0) is 60.7 Å². The number of aromatic nitrogens is 4. The molecule has 6 aromatic rings. The second kappa shape index (κ2) is 8.50. The number of benzene rings is 4. The van der Waals surface area contributed by atoms with Crippen LogP contribution < -0.4 is 0 Å². The molecule has 0 radical (unpaired) electrons.